The van der Waals surface area contributed by atoms with Gasteiger partial charge in [0.15, 0.2) is 0 Å². The van der Waals surface area contributed by atoms with E-state index in [0.717, 1.165) is 18.0 Å². The van der Waals surface area contributed by atoms with E-state index in [9.17, 15) is 0 Å². The zero-order valence-electron chi connectivity index (χ0n) is 14.0. The van der Waals surface area contributed by atoms with Gasteiger partial charge in [-0.05, 0) is 96.6 Å². The van der Waals surface area contributed by atoms with E-state index in [0.29, 0.717) is 0 Å². The highest BCUT2D eigenvalue weighted by Gasteiger charge is 2.31. The van der Waals surface area contributed by atoms with Gasteiger partial charge in [-0.1, -0.05) is 6.92 Å². The van der Waals surface area contributed by atoms with E-state index >= 15 is 0 Å². The molecule has 3 heteroatoms. The second-order valence-corrected chi connectivity index (χ2v) is 7.50. The van der Waals surface area contributed by atoms with Gasteiger partial charge in [0.1, 0.15) is 0 Å². The molecule has 3 rings (SSSR count). The van der Waals surface area contributed by atoms with Crippen molar-refractivity contribution in [2.24, 2.45) is 5.92 Å². The molecule has 3 aliphatic rings. The molecule has 0 aromatic carbocycles. The van der Waals surface area contributed by atoms with E-state index in [1.165, 1.54) is 90.6 Å². The maximum absolute atomic E-state index is 3.73. The van der Waals surface area contributed by atoms with E-state index in [-0.39, 0.29) is 0 Å². The van der Waals surface area contributed by atoms with Gasteiger partial charge in [0, 0.05) is 12.1 Å². The Labute approximate surface area is 131 Å². The predicted octanol–water partition coefficient (Wildman–Crippen LogP) is 2.71. The average molecular weight is 293 g/mol. The molecule has 0 bridgehead atoms. The standard InChI is InChI=1S/C18H35N3/c1-2-11-20-12-4-5-17(9-13-20)21-14-7-16(8-15-21)18-6-3-10-19-18/h16-19H,2-15H2,1H3. The van der Waals surface area contributed by atoms with Gasteiger partial charge in [-0.3, -0.25) is 0 Å². The van der Waals surface area contributed by atoms with Crippen LogP contribution in [-0.4, -0.2) is 61.2 Å². The summed E-state index contributed by atoms with van der Waals surface area (Å²) in [4.78, 5) is 5.52. The number of rotatable bonds is 4. The first kappa shape index (κ1) is 15.8. The zero-order valence-corrected chi connectivity index (χ0v) is 14.0. The number of piperidine rings is 1. The maximum Gasteiger partial charge on any atom is 0.0108 e. The highest BCUT2D eigenvalue weighted by molar-refractivity contribution is 4.88. The fourth-order valence-electron chi connectivity index (χ4n) is 4.84. The molecule has 21 heavy (non-hydrogen) atoms. The lowest BCUT2D eigenvalue weighted by atomic mass is 9.87. The third-order valence-corrected chi connectivity index (χ3v) is 6.09. The molecule has 3 heterocycles. The Morgan fingerprint density at radius 2 is 1.76 bits per heavy atom. The lowest BCUT2D eigenvalue weighted by Gasteiger charge is -2.39. The van der Waals surface area contributed by atoms with Crippen LogP contribution in [-0.2, 0) is 0 Å². The molecule has 122 valence electrons. The van der Waals surface area contributed by atoms with Gasteiger partial charge < -0.3 is 15.1 Å². The van der Waals surface area contributed by atoms with Crippen molar-refractivity contribution in [2.75, 3.05) is 39.3 Å². The minimum atomic E-state index is 0.848. The molecule has 0 aromatic rings. The fourth-order valence-corrected chi connectivity index (χ4v) is 4.84. The molecule has 0 aromatic heterocycles. The van der Waals surface area contributed by atoms with Crippen molar-refractivity contribution in [2.45, 2.75) is 70.4 Å². The largest absolute Gasteiger partial charge is 0.314 e. The third kappa shape index (κ3) is 4.20. The SMILES string of the molecule is CCCN1CCCC(N2CCC(C3CCCN3)CC2)CC1. The summed E-state index contributed by atoms with van der Waals surface area (Å²) in [7, 11) is 0. The molecule has 2 unspecified atom stereocenters. The van der Waals surface area contributed by atoms with Crippen molar-refractivity contribution in [3.05, 3.63) is 0 Å². The molecule has 1 N–H and O–H groups in total. The van der Waals surface area contributed by atoms with Crippen LogP contribution < -0.4 is 5.32 Å². The molecular weight excluding hydrogens is 258 g/mol. The van der Waals surface area contributed by atoms with E-state index in [1.54, 1.807) is 0 Å². The molecule has 0 aliphatic carbocycles. The smallest absolute Gasteiger partial charge is 0.0108 e. The molecule has 0 radical (unpaired) electrons. The highest BCUT2D eigenvalue weighted by atomic mass is 15.2. The van der Waals surface area contributed by atoms with Gasteiger partial charge in [-0.2, -0.15) is 0 Å². The molecule has 0 saturated carbocycles. The Kier molecular flexibility index (Phi) is 5.96. The van der Waals surface area contributed by atoms with Crippen LogP contribution in [0, 0.1) is 5.92 Å². The van der Waals surface area contributed by atoms with Crippen molar-refractivity contribution in [1.82, 2.24) is 15.1 Å². The number of hydrogen-bond acceptors (Lipinski definition) is 3. The average Bonchev–Trinajstić information content (AvgIpc) is 2.95. The second kappa shape index (κ2) is 7.94. The molecule has 3 fully saturated rings. The van der Waals surface area contributed by atoms with E-state index in [1.807, 2.05) is 0 Å². The lowest BCUT2D eigenvalue weighted by Crippen LogP contribution is -2.45. The minimum absolute atomic E-state index is 0.848. The van der Waals surface area contributed by atoms with Crippen LogP contribution >= 0.6 is 0 Å². The number of hydrogen-bond donors (Lipinski definition) is 1. The first-order valence-electron chi connectivity index (χ1n) is 9.56. The Morgan fingerprint density at radius 3 is 2.48 bits per heavy atom. The fraction of sp³-hybridized carbons (Fsp3) is 1.00. The summed E-state index contributed by atoms with van der Waals surface area (Å²) in [6, 6.07) is 1.73. The quantitative estimate of drug-likeness (QED) is 0.860. The number of nitrogens with zero attached hydrogens (tertiary/aromatic N) is 2. The first-order valence-corrected chi connectivity index (χ1v) is 9.56. The van der Waals surface area contributed by atoms with Gasteiger partial charge in [-0.25, -0.2) is 0 Å². The molecule has 3 saturated heterocycles. The topological polar surface area (TPSA) is 18.5 Å². The summed E-state index contributed by atoms with van der Waals surface area (Å²) in [6.45, 7) is 10.3. The van der Waals surface area contributed by atoms with Crippen molar-refractivity contribution >= 4 is 0 Å². The van der Waals surface area contributed by atoms with Crippen LogP contribution in [0.5, 0.6) is 0 Å². The third-order valence-electron chi connectivity index (χ3n) is 6.09. The monoisotopic (exact) mass is 293 g/mol. The van der Waals surface area contributed by atoms with Crippen molar-refractivity contribution < 1.29 is 0 Å². The van der Waals surface area contributed by atoms with Crippen LogP contribution in [0.3, 0.4) is 0 Å². The predicted molar refractivity (Wildman–Crippen MR) is 89.7 cm³/mol. The van der Waals surface area contributed by atoms with Crippen LogP contribution in [0.4, 0.5) is 0 Å². The maximum atomic E-state index is 3.73. The number of likely N-dealkylation sites (tertiary alicyclic amines) is 2. The summed E-state index contributed by atoms with van der Waals surface area (Å²) in [6.07, 6.45) is 11.3. The van der Waals surface area contributed by atoms with Crippen LogP contribution in [0.25, 0.3) is 0 Å². The molecule has 3 nitrogen and oxygen atoms in total. The Balaban J connectivity index is 1.43. The van der Waals surface area contributed by atoms with Gasteiger partial charge in [0.05, 0.1) is 0 Å². The second-order valence-electron chi connectivity index (χ2n) is 7.50. The molecule has 0 amide bonds. The van der Waals surface area contributed by atoms with E-state index in [2.05, 4.69) is 22.0 Å². The lowest BCUT2D eigenvalue weighted by molar-refractivity contribution is 0.109. The summed E-state index contributed by atoms with van der Waals surface area (Å²) >= 11 is 0. The Morgan fingerprint density at radius 1 is 0.905 bits per heavy atom. The molecular formula is C18H35N3. The van der Waals surface area contributed by atoms with Crippen molar-refractivity contribution in [3.63, 3.8) is 0 Å². The Bertz CT molecular complexity index is 293. The summed E-state index contributed by atoms with van der Waals surface area (Å²) < 4.78 is 0. The molecule has 3 aliphatic heterocycles. The Hall–Kier alpha value is -0.120. The highest BCUT2D eigenvalue weighted by Crippen LogP contribution is 2.28. The van der Waals surface area contributed by atoms with Gasteiger partial charge in [0.2, 0.25) is 0 Å². The van der Waals surface area contributed by atoms with Crippen LogP contribution in [0.15, 0.2) is 0 Å². The first-order chi connectivity index (χ1) is 10.4. The van der Waals surface area contributed by atoms with Gasteiger partial charge in [0.25, 0.3) is 0 Å². The van der Waals surface area contributed by atoms with Gasteiger partial charge in [-0.15, -0.1) is 0 Å². The summed E-state index contributed by atoms with van der Waals surface area (Å²) in [5.74, 6) is 0.964. The van der Waals surface area contributed by atoms with Gasteiger partial charge >= 0.3 is 0 Å². The van der Waals surface area contributed by atoms with Crippen LogP contribution in [0.2, 0.25) is 0 Å². The molecule has 2 atom stereocenters. The van der Waals surface area contributed by atoms with E-state index in [4.69, 9.17) is 0 Å². The summed E-state index contributed by atoms with van der Waals surface area (Å²) in [5, 5.41) is 3.73. The molecule has 0 spiro atoms. The van der Waals surface area contributed by atoms with E-state index < -0.39 is 0 Å². The normalized spacial score (nSPS) is 34.1. The van der Waals surface area contributed by atoms with Crippen LogP contribution in [0.1, 0.15) is 58.3 Å². The number of nitrogens with one attached hydrogen (secondary N) is 1. The minimum Gasteiger partial charge on any atom is -0.314 e. The van der Waals surface area contributed by atoms with Crippen molar-refractivity contribution in [3.8, 4) is 0 Å². The zero-order chi connectivity index (χ0) is 14.5. The van der Waals surface area contributed by atoms with Crippen molar-refractivity contribution in [1.29, 1.82) is 0 Å². The summed E-state index contributed by atoms with van der Waals surface area (Å²) in [5.41, 5.74) is 0.